The number of nitrogens with one attached hydrogen (secondary N) is 1. The SMILES string of the molecule is CC(C)(CC(=O)O)CC(=O)NCC1(CO)CC1. The van der Waals surface area contributed by atoms with Gasteiger partial charge in [0.1, 0.15) is 0 Å². The number of hydrogen-bond donors (Lipinski definition) is 3. The van der Waals surface area contributed by atoms with Crippen molar-refractivity contribution in [2.45, 2.75) is 39.5 Å². The Morgan fingerprint density at radius 1 is 1.29 bits per heavy atom. The van der Waals surface area contributed by atoms with Crippen molar-refractivity contribution in [3.8, 4) is 0 Å². The first-order chi connectivity index (χ1) is 7.79. The molecule has 98 valence electrons. The molecule has 0 aromatic heterocycles. The third kappa shape index (κ3) is 4.73. The van der Waals surface area contributed by atoms with E-state index >= 15 is 0 Å². The number of aliphatic hydroxyl groups is 1. The lowest BCUT2D eigenvalue weighted by atomic mass is 9.85. The van der Waals surface area contributed by atoms with Crippen LogP contribution in [0.3, 0.4) is 0 Å². The smallest absolute Gasteiger partial charge is 0.303 e. The lowest BCUT2D eigenvalue weighted by Crippen LogP contribution is -2.35. The summed E-state index contributed by atoms with van der Waals surface area (Å²) in [5.74, 6) is -1.03. The Bertz CT molecular complexity index is 308. The van der Waals surface area contributed by atoms with E-state index in [-0.39, 0.29) is 30.8 Å². The Kier molecular flexibility index (Phi) is 4.14. The summed E-state index contributed by atoms with van der Waals surface area (Å²) >= 11 is 0. The van der Waals surface area contributed by atoms with Gasteiger partial charge in [0, 0.05) is 18.4 Å². The molecule has 0 heterocycles. The van der Waals surface area contributed by atoms with Gasteiger partial charge in [-0.15, -0.1) is 0 Å². The molecule has 0 radical (unpaired) electrons. The summed E-state index contributed by atoms with van der Waals surface area (Å²) in [6.07, 6.45) is 2.07. The highest BCUT2D eigenvalue weighted by Gasteiger charge is 2.42. The van der Waals surface area contributed by atoms with E-state index in [2.05, 4.69) is 5.32 Å². The van der Waals surface area contributed by atoms with E-state index in [1.165, 1.54) is 0 Å². The fourth-order valence-electron chi connectivity index (χ4n) is 1.82. The first kappa shape index (κ1) is 14.0. The van der Waals surface area contributed by atoms with Crippen LogP contribution in [0.15, 0.2) is 0 Å². The van der Waals surface area contributed by atoms with Gasteiger partial charge < -0.3 is 15.5 Å². The van der Waals surface area contributed by atoms with Crippen LogP contribution in [0.1, 0.15) is 39.5 Å². The molecule has 1 aliphatic carbocycles. The van der Waals surface area contributed by atoms with Crippen LogP contribution in [0.4, 0.5) is 0 Å². The Balaban J connectivity index is 2.31. The molecule has 0 aromatic carbocycles. The minimum atomic E-state index is -0.892. The summed E-state index contributed by atoms with van der Waals surface area (Å²) in [5, 5.41) is 20.6. The maximum Gasteiger partial charge on any atom is 0.303 e. The van der Waals surface area contributed by atoms with E-state index < -0.39 is 11.4 Å². The third-order valence-corrected chi connectivity index (χ3v) is 3.22. The van der Waals surface area contributed by atoms with Crippen molar-refractivity contribution >= 4 is 11.9 Å². The van der Waals surface area contributed by atoms with Crippen molar-refractivity contribution in [2.24, 2.45) is 10.8 Å². The molecular formula is C12H21NO4. The van der Waals surface area contributed by atoms with Crippen molar-refractivity contribution in [2.75, 3.05) is 13.2 Å². The number of aliphatic carboxylic acids is 1. The number of amides is 1. The van der Waals surface area contributed by atoms with Gasteiger partial charge in [-0.05, 0) is 18.3 Å². The zero-order valence-corrected chi connectivity index (χ0v) is 10.5. The molecule has 0 aromatic rings. The molecule has 1 fully saturated rings. The molecule has 3 N–H and O–H groups in total. The molecule has 0 atom stereocenters. The van der Waals surface area contributed by atoms with Gasteiger partial charge >= 0.3 is 5.97 Å². The second-order valence-electron chi connectivity index (χ2n) is 5.85. The monoisotopic (exact) mass is 243 g/mol. The topological polar surface area (TPSA) is 86.6 Å². The second-order valence-corrected chi connectivity index (χ2v) is 5.85. The summed E-state index contributed by atoms with van der Waals surface area (Å²) in [4.78, 5) is 22.2. The van der Waals surface area contributed by atoms with Crippen molar-refractivity contribution in [3.63, 3.8) is 0 Å². The fourth-order valence-corrected chi connectivity index (χ4v) is 1.82. The maximum atomic E-state index is 11.6. The van der Waals surface area contributed by atoms with Crippen LogP contribution < -0.4 is 5.32 Å². The van der Waals surface area contributed by atoms with Crippen molar-refractivity contribution < 1.29 is 19.8 Å². The number of hydrogen-bond acceptors (Lipinski definition) is 3. The summed E-state index contributed by atoms with van der Waals surface area (Å²) in [5.41, 5.74) is -0.640. The van der Waals surface area contributed by atoms with E-state index in [4.69, 9.17) is 10.2 Å². The summed E-state index contributed by atoms with van der Waals surface area (Å²) in [6, 6.07) is 0. The fraction of sp³-hybridized carbons (Fsp3) is 0.833. The van der Waals surface area contributed by atoms with Crippen molar-refractivity contribution in [3.05, 3.63) is 0 Å². The first-order valence-electron chi connectivity index (χ1n) is 5.88. The molecule has 0 unspecified atom stereocenters. The molecule has 1 saturated carbocycles. The molecule has 0 saturated heterocycles. The Morgan fingerprint density at radius 3 is 2.29 bits per heavy atom. The molecule has 5 nitrogen and oxygen atoms in total. The highest BCUT2D eigenvalue weighted by molar-refractivity contribution is 5.78. The summed E-state index contributed by atoms with van der Waals surface area (Å²) in [6.45, 7) is 4.12. The van der Waals surface area contributed by atoms with Gasteiger partial charge in [-0.3, -0.25) is 9.59 Å². The zero-order valence-electron chi connectivity index (χ0n) is 10.5. The van der Waals surface area contributed by atoms with Gasteiger partial charge in [-0.25, -0.2) is 0 Å². The quantitative estimate of drug-likeness (QED) is 0.616. The minimum Gasteiger partial charge on any atom is -0.481 e. The molecule has 1 aliphatic rings. The van der Waals surface area contributed by atoms with Crippen molar-refractivity contribution in [1.82, 2.24) is 5.32 Å². The van der Waals surface area contributed by atoms with Crippen LogP contribution in [0.5, 0.6) is 0 Å². The predicted octanol–water partition coefficient (Wildman–Crippen LogP) is 0.766. The van der Waals surface area contributed by atoms with Crippen LogP contribution >= 0.6 is 0 Å². The van der Waals surface area contributed by atoms with E-state index in [0.29, 0.717) is 6.54 Å². The van der Waals surface area contributed by atoms with Gasteiger partial charge in [0.2, 0.25) is 5.91 Å². The van der Waals surface area contributed by atoms with Gasteiger partial charge in [-0.2, -0.15) is 0 Å². The van der Waals surface area contributed by atoms with E-state index in [9.17, 15) is 9.59 Å². The molecule has 0 aliphatic heterocycles. The molecule has 5 heteroatoms. The lowest BCUT2D eigenvalue weighted by Gasteiger charge is -2.22. The minimum absolute atomic E-state index is 0.0223. The van der Waals surface area contributed by atoms with E-state index in [1.807, 2.05) is 0 Å². The predicted molar refractivity (Wildman–Crippen MR) is 62.4 cm³/mol. The lowest BCUT2D eigenvalue weighted by molar-refractivity contribution is -0.139. The van der Waals surface area contributed by atoms with Crippen LogP contribution in [0.25, 0.3) is 0 Å². The number of aliphatic hydroxyl groups excluding tert-OH is 1. The van der Waals surface area contributed by atoms with Gasteiger partial charge in [0.15, 0.2) is 0 Å². The van der Waals surface area contributed by atoms with Crippen LogP contribution in [0.2, 0.25) is 0 Å². The average molecular weight is 243 g/mol. The maximum absolute atomic E-state index is 11.6. The third-order valence-electron chi connectivity index (χ3n) is 3.22. The Labute approximate surface area is 101 Å². The molecule has 0 bridgehead atoms. The van der Waals surface area contributed by atoms with Crippen molar-refractivity contribution in [1.29, 1.82) is 0 Å². The molecule has 0 spiro atoms. The second kappa shape index (κ2) is 5.04. The summed E-state index contributed by atoms with van der Waals surface area (Å²) in [7, 11) is 0. The Hall–Kier alpha value is -1.10. The molecule has 1 rings (SSSR count). The molecular weight excluding hydrogens is 222 g/mol. The van der Waals surface area contributed by atoms with Crippen LogP contribution in [-0.2, 0) is 9.59 Å². The van der Waals surface area contributed by atoms with Gasteiger partial charge in [0.05, 0.1) is 13.0 Å². The van der Waals surface area contributed by atoms with Gasteiger partial charge in [-0.1, -0.05) is 13.8 Å². The number of rotatable bonds is 7. The summed E-state index contributed by atoms with van der Waals surface area (Å²) < 4.78 is 0. The normalized spacial score (nSPS) is 17.6. The van der Waals surface area contributed by atoms with Crippen LogP contribution in [-0.4, -0.2) is 35.2 Å². The largest absolute Gasteiger partial charge is 0.481 e. The zero-order chi connectivity index (χ0) is 13.1. The Morgan fingerprint density at radius 2 is 1.88 bits per heavy atom. The highest BCUT2D eigenvalue weighted by Crippen LogP contribution is 2.44. The number of carboxylic acid groups (broad SMARTS) is 1. The molecule has 1 amide bonds. The van der Waals surface area contributed by atoms with Gasteiger partial charge in [0.25, 0.3) is 0 Å². The number of carbonyl (C=O) groups excluding carboxylic acids is 1. The van der Waals surface area contributed by atoms with Crippen LogP contribution in [0, 0.1) is 10.8 Å². The highest BCUT2D eigenvalue weighted by atomic mass is 16.4. The average Bonchev–Trinajstić information content (AvgIpc) is 2.92. The number of carbonyl (C=O) groups is 2. The van der Waals surface area contributed by atoms with E-state index in [1.54, 1.807) is 13.8 Å². The first-order valence-corrected chi connectivity index (χ1v) is 5.88. The molecule has 17 heavy (non-hydrogen) atoms. The standard InChI is InChI=1S/C12H21NO4/c1-11(2,6-10(16)17)5-9(15)13-7-12(8-14)3-4-12/h14H,3-8H2,1-2H3,(H,13,15)(H,16,17). The number of carboxylic acids is 1. The van der Waals surface area contributed by atoms with E-state index in [0.717, 1.165) is 12.8 Å².